The Morgan fingerprint density at radius 1 is 1.12 bits per heavy atom. The van der Waals surface area contributed by atoms with Crippen molar-refractivity contribution in [2.75, 3.05) is 49.6 Å². The van der Waals surface area contributed by atoms with Gasteiger partial charge in [0.15, 0.2) is 5.82 Å². The van der Waals surface area contributed by atoms with Crippen LogP contribution >= 0.6 is 0 Å². The first kappa shape index (κ1) is 22.7. The first-order chi connectivity index (χ1) is 15.7. The molecule has 0 spiro atoms. The Bertz CT molecular complexity index is 1070. The summed E-state index contributed by atoms with van der Waals surface area (Å²) in [5, 5.41) is 0. The van der Waals surface area contributed by atoms with Gasteiger partial charge in [-0.15, -0.1) is 0 Å². The van der Waals surface area contributed by atoms with Crippen molar-refractivity contribution in [3.05, 3.63) is 47.7 Å². The molecule has 4 heterocycles. The number of piperazine rings is 1. The number of fused-ring (bicyclic) bond motifs is 1. The van der Waals surface area contributed by atoms with Crippen molar-refractivity contribution in [1.29, 1.82) is 0 Å². The molecule has 8 nitrogen and oxygen atoms in total. The van der Waals surface area contributed by atoms with E-state index in [1.807, 2.05) is 4.90 Å². The quantitative estimate of drug-likeness (QED) is 0.506. The molecule has 0 N–H and O–H groups in total. The average molecular weight is 466 g/mol. The lowest BCUT2D eigenvalue weighted by Gasteiger charge is -2.38. The van der Waals surface area contributed by atoms with Gasteiger partial charge in [-0.1, -0.05) is 6.58 Å². The molecule has 2 aliphatic heterocycles. The summed E-state index contributed by atoms with van der Waals surface area (Å²) in [4.78, 5) is 29.4. The number of rotatable bonds is 4. The second-order valence-corrected chi connectivity index (χ2v) is 7.66. The number of alkyl halides is 3. The van der Waals surface area contributed by atoms with Gasteiger partial charge in [-0.05, 0) is 12.5 Å². The number of aromatic nitrogens is 3. The highest BCUT2D eigenvalue weighted by molar-refractivity contribution is 5.87. The van der Waals surface area contributed by atoms with E-state index in [4.69, 9.17) is 4.74 Å². The Balaban J connectivity index is 1.64. The standard InChI is InChI=1S/C21H22F4N6O2/c1-3-17(32)29-6-8-30(9-7-29)19-13-4-5-31(12-15(13)27-20(28-19)33-2)16-11-26-10-14(22)18(16)21(23,24)25/h3,10-11H,1,4-9,12H2,2H3. The van der Waals surface area contributed by atoms with Crippen LogP contribution < -0.4 is 14.5 Å². The lowest BCUT2D eigenvalue weighted by Crippen LogP contribution is -2.49. The minimum atomic E-state index is -4.86. The van der Waals surface area contributed by atoms with Crippen LogP contribution in [-0.4, -0.2) is 65.6 Å². The van der Waals surface area contributed by atoms with Crippen LogP contribution in [0.15, 0.2) is 25.0 Å². The van der Waals surface area contributed by atoms with E-state index in [1.54, 1.807) is 4.90 Å². The summed E-state index contributed by atoms with van der Waals surface area (Å²) in [7, 11) is 1.41. The zero-order valence-corrected chi connectivity index (χ0v) is 17.9. The maximum Gasteiger partial charge on any atom is 0.421 e. The lowest BCUT2D eigenvalue weighted by molar-refractivity contribution is -0.139. The Morgan fingerprint density at radius 2 is 1.85 bits per heavy atom. The van der Waals surface area contributed by atoms with Crippen LogP contribution in [0.4, 0.5) is 29.1 Å². The molecule has 0 aliphatic carbocycles. The zero-order chi connectivity index (χ0) is 23.8. The number of amides is 1. The van der Waals surface area contributed by atoms with Crippen LogP contribution in [0.25, 0.3) is 0 Å². The normalized spacial score (nSPS) is 16.5. The third-order valence-electron chi connectivity index (χ3n) is 5.77. The van der Waals surface area contributed by atoms with Crippen LogP contribution in [0.5, 0.6) is 6.01 Å². The molecule has 0 atom stereocenters. The van der Waals surface area contributed by atoms with E-state index in [0.717, 1.165) is 11.8 Å². The van der Waals surface area contributed by atoms with Gasteiger partial charge >= 0.3 is 12.2 Å². The molecule has 1 fully saturated rings. The number of pyridine rings is 1. The SMILES string of the molecule is C=CC(=O)N1CCN(c2nc(OC)nc3c2CCN(c2cncc(F)c2C(F)(F)F)C3)CC1. The highest BCUT2D eigenvalue weighted by Crippen LogP contribution is 2.40. The van der Waals surface area contributed by atoms with E-state index >= 15 is 0 Å². The molecule has 0 unspecified atom stereocenters. The molecule has 0 radical (unpaired) electrons. The average Bonchev–Trinajstić information content (AvgIpc) is 2.81. The molecule has 1 amide bonds. The maximum absolute atomic E-state index is 14.0. The molecule has 176 valence electrons. The van der Waals surface area contributed by atoms with Gasteiger partial charge in [-0.2, -0.15) is 23.1 Å². The summed E-state index contributed by atoms with van der Waals surface area (Å²) in [6.45, 7) is 5.77. The Labute approximate surface area is 187 Å². The summed E-state index contributed by atoms with van der Waals surface area (Å²) in [5.74, 6) is -0.925. The minimum absolute atomic E-state index is 0.0182. The second kappa shape index (κ2) is 8.83. The molecule has 0 saturated carbocycles. The zero-order valence-electron chi connectivity index (χ0n) is 17.9. The van der Waals surface area contributed by atoms with Crippen LogP contribution in [0.1, 0.15) is 16.8 Å². The second-order valence-electron chi connectivity index (χ2n) is 7.66. The maximum atomic E-state index is 14.0. The fraction of sp³-hybridized carbons (Fsp3) is 0.429. The Morgan fingerprint density at radius 3 is 2.48 bits per heavy atom. The van der Waals surface area contributed by atoms with Crippen molar-refractivity contribution in [2.45, 2.75) is 19.1 Å². The number of hydrogen-bond donors (Lipinski definition) is 0. The highest BCUT2D eigenvalue weighted by Gasteiger charge is 2.39. The van der Waals surface area contributed by atoms with Gasteiger partial charge in [-0.3, -0.25) is 9.78 Å². The number of carbonyl (C=O) groups excluding carboxylic acids is 1. The van der Waals surface area contributed by atoms with Crippen molar-refractivity contribution < 1.29 is 27.1 Å². The summed E-state index contributed by atoms with van der Waals surface area (Å²) >= 11 is 0. The number of methoxy groups -OCH3 is 1. The summed E-state index contributed by atoms with van der Waals surface area (Å²) in [6, 6.07) is 0.0867. The molecule has 33 heavy (non-hydrogen) atoms. The summed E-state index contributed by atoms with van der Waals surface area (Å²) in [5.41, 5.74) is -0.368. The van der Waals surface area contributed by atoms with Gasteiger partial charge in [0.2, 0.25) is 5.91 Å². The molecular formula is C21H22F4N6O2. The van der Waals surface area contributed by atoms with Gasteiger partial charge in [0.05, 0.1) is 37.4 Å². The van der Waals surface area contributed by atoms with Crippen molar-refractivity contribution in [3.8, 4) is 6.01 Å². The number of halogens is 4. The molecule has 0 bridgehead atoms. The third-order valence-corrected chi connectivity index (χ3v) is 5.77. The van der Waals surface area contributed by atoms with Gasteiger partial charge in [0, 0.05) is 38.3 Å². The molecule has 0 aromatic carbocycles. The van der Waals surface area contributed by atoms with Crippen LogP contribution in [-0.2, 0) is 23.9 Å². The van der Waals surface area contributed by atoms with Crippen LogP contribution in [0.2, 0.25) is 0 Å². The van der Waals surface area contributed by atoms with E-state index < -0.39 is 17.6 Å². The monoisotopic (exact) mass is 466 g/mol. The van der Waals surface area contributed by atoms with E-state index in [9.17, 15) is 22.4 Å². The number of hydrogen-bond acceptors (Lipinski definition) is 7. The Kier molecular flexibility index (Phi) is 6.09. The van der Waals surface area contributed by atoms with E-state index in [2.05, 4.69) is 21.5 Å². The van der Waals surface area contributed by atoms with E-state index in [1.165, 1.54) is 18.1 Å². The van der Waals surface area contributed by atoms with Crippen LogP contribution in [0, 0.1) is 5.82 Å². The van der Waals surface area contributed by atoms with Gasteiger partial charge < -0.3 is 19.4 Å². The van der Waals surface area contributed by atoms with E-state index in [-0.39, 0.29) is 30.7 Å². The number of anilines is 2. The van der Waals surface area contributed by atoms with Gasteiger partial charge in [-0.25, -0.2) is 4.39 Å². The van der Waals surface area contributed by atoms with Gasteiger partial charge in [0.25, 0.3) is 0 Å². The summed E-state index contributed by atoms with van der Waals surface area (Å²) < 4.78 is 59.8. The lowest BCUT2D eigenvalue weighted by atomic mass is 10.0. The third kappa shape index (κ3) is 4.41. The minimum Gasteiger partial charge on any atom is -0.467 e. The van der Waals surface area contributed by atoms with Crippen molar-refractivity contribution >= 4 is 17.4 Å². The molecular weight excluding hydrogens is 444 g/mol. The molecule has 12 heteroatoms. The van der Waals surface area contributed by atoms with Crippen molar-refractivity contribution in [3.63, 3.8) is 0 Å². The fourth-order valence-corrected chi connectivity index (χ4v) is 4.16. The first-order valence-corrected chi connectivity index (χ1v) is 10.3. The van der Waals surface area contributed by atoms with Gasteiger partial charge in [0.1, 0.15) is 11.4 Å². The molecule has 2 aromatic rings. The number of carbonyl (C=O) groups is 1. The fourth-order valence-electron chi connectivity index (χ4n) is 4.16. The predicted octanol–water partition coefficient (Wildman–Crippen LogP) is 2.44. The van der Waals surface area contributed by atoms with Crippen molar-refractivity contribution in [2.24, 2.45) is 0 Å². The Hall–Kier alpha value is -3.44. The molecule has 2 aliphatic rings. The topological polar surface area (TPSA) is 74.7 Å². The largest absolute Gasteiger partial charge is 0.467 e. The first-order valence-electron chi connectivity index (χ1n) is 10.3. The smallest absolute Gasteiger partial charge is 0.421 e. The van der Waals surface area contributed by atoms with Crippen molar-refractivity contribution in [1.82, 2.24) is 19.9 Å². The number of ether oxygens (including phenoxy) is 1. The molecule has 4 rings (SSSR count). The van der Waals surface area contributed by atoms with E-state index in [0.29, 0.717) is 50.3 Å². The van der Waals surface area contributed by atoms with Crippen LogP contribution in [0.3, 0.4) is 0 Å². The molecule has 2 aromatic heterocycles. The predicted molar refractivity (Wildman–Crippen MR) is 112 cm³/mol. The highest BCUT2D eigenvalue weighted by atomic mass is 19.4. The summed E-state index contributed by atoms with van der Waals surface area (Å²) in [6.07, 6.45) is -1.65. The molecule has 1 saturated heterocycles. The number of nitrogens with zero attached hydrogens (tertiary/aromatic N) is 6.